The maximum absolute atomic E-state index is 12.6. The van der Waals surface area contributed by atoms with Gasteiger partial charge in [0.2, 0.25) is 0 Å². The molecule has 0 radical (unpaired) electrons. The molecule has 1 aliphatic heterocycles. The molecule has 1 saturated heterocycles. The lowest BCUT2D eigenvalue weighted by Gasteiger charge is -2.27. The van der Waals surface area contributed by atoms with Crippen molar-refractivity contribution in [2.24, 2.45) is 5.92 Å². The number of aryl methyl sites for hydroxylation is 1. The number of likely N-dealkylation sites (tertiary alicyclic amines) is 1. The highest BCUT2D eigenvalue weighted by atomic mass is 16.2. The number of hydrogen-bond acceptors (Lipinski definition) is 3. The molecule has 1 aromatic rings. The molecule has 1 aliphatic carbocycles. The molecule has 1 saturated carbocycles. The average molecular weight is 245 g/mol. The zero-order valence-electron chi connectivity index (χ0n) is 10.9. The molecule has 3 rings (SSSR count). The van der Waals surface area contributed by atoms with Gasteiger partial charge in [-0.1, -0.05) is 0 Å². The van der Waals surface area contributed by atoms with Gasteiger partial charge in [-0.05, 0) is 38.2 Å². The van der Waals surface area contributed by atoms with Crippen LogP contribution in [-0.2, 0) is 0 Å². The Bertz CT molecular complexity index is 486. The smallest absolute Gasteiger partial charge is 0.257 e. The minimum Gasteiger partial charge on any atom is -0.387 e. The van der Waals surface area contributed by atoms with Crippen molar-refractivity contribution in [2.75, 3.05) is 18.9 Å². The number of amides is 1. The van der Waals surface area contributed by atoms with E-state index in [9.17, 15) is 4.79 Å². The molecule has 2 aliphatic rings. The Kier molecular flexibility index (Phi) is 2.73. The number of piperidine rings is 1. The molecule has 2 unspecified atom stereocenters. The van der Waals surface area contributed by atoms with Crippen LogP contribution in [0.5, 0.6) is 0 Å². The van der Waals surface area contributed by atoms with Gasteiger partial charge in [0.05, 0.1) is 11.3 Å². The van der Waals surface area contributed by atoms with Gasteiger partial charge in [-0.3, -0.25) is 9.78 Å². The van der Waals surface area contributed by atoms with Gasteiger partial charge in [0.1, 0.15) is 0 Å². The van der Waals surface area contributed by atoms with Gasteiger partial charge in [-0.2, -0.15) is 0 Å². The molecule has 1 amide bonds. The maximum Gasteiger partial charge on any atom is 0.257 e. The van der Waals surface area contributed by atoms with Crippen molar-refractivity contribution in [1.82, 2.24) is 9.88 Å². The molecule has 2 atom stereocenters. The Balaban J connectivity index is 1.88. The number of pyridine rings is 1. The highest BCUT2D eigenvalue weighted by molar-refractivity contribution is 5.99. The topological polar surface area (TPSA) is 45.2 Å². The van der Waals surface area contributed by atoms with E-state index in [1.807, 2.05) is 24.9 Å². The maximum atomic E-state index is 12.6. The summed E-state index contributed by atoms with van der Waals surface area (Å²) in [6, 6.07) is 2.40. The molecule has 1 N–H and O–H groups in total. The molecule has 2 bridgehead atoms. The number of anilines is 1. The predicted octanol–water partition coefficient (Wildman–Crippen LogP) is 2.06. The summed E-state index contributed by atoms with van der Waals surface area (Å²) in [5, 5.41) is 3.10. The molecule has 96 valence electrons. The molecule has 2 fully saturated rings. The van der Waals surface area contributed by atoms with Crippen molar-refractivity contribution in [3.63, 3.8) is 0 Å². The Hall–Kier alpha value is -1.58. The summed E-state index contributed by atoms with van der Waals surface area (Å²) in [5.41, 5.74) is 2.52. The summed E-state index contributed by atoms with van der Waals surface area (Å²) in [5.74, 6) is 0.870. The van der Waals surface area contributed by atoms with Crippen molar-refractivity contribution < 1.29 is 4.79 Å². The number of aromatic nitrogens is 1. The summed E-state index contributed by atoms with van der Waals surface area (Å²) < 4.78 is 0. The van der Waals surface area contributed by atoms with Crippen molar-refractivity contribution >= 4 is 11.6 Å². The first kappa shape index (κ1) is 11.5. The van der Waals surface area contributed by atoms with E-state index in [4.69, 9.17) is 0 Å². The third-order valence-corrected chi connectivity index (χ3v) is 4.21. The van der Waals surface area contributed by atoms with Crippen molar-refractivity contribution in [2.45, 2.75) is 32.2 Å². The van der Waals surface area contributed by atoms with Crippen LogP contribution in [-0.4, -0.2) is 35.4 Å². The molecule has 1 aromatic heterocycles. The van der Waals surface area contributed by atoms with Crippen LogP contribution in [0.1, 0.15) is 35.3 Å². The molecule has 4 nitrogen and oxygen atoms in total. The van der Waals surface area contributed by atoms with Crippen LogP contribution in [0.3, 0.4) is 0 Å². The summed E-state index contributed by atoms with van der Waals surface area (Å²) >= 11 is 0. The SMILES string of the molecule is CNc1cc(C)ncc1C(=O)N1CC2CCC1C2. The fourth-order valence-corrected chi connectivity index (χ4v) is 3.27. The zero-order valence-corrected chi connectivity index (χ0v) is 10.9. The third-order valence-electron chi connectivity index (χ3n) is 4.21. The van der Waals surface area contributed by atoms with Crippen molar-refractivity contribution in [3.05, 3.63) is 23.5 Å². The normalized spacial score (nSPS) is 25.6. The van der Waals surface area contributed by atoms with Crippen LogP contribution in [0.15, 0.2) is 12.3 Å². The van der Waals surface area contributed by atoms with Crippen LogP contribution < -0.4 is 5.32 Å². The zero-order chi connectivity index (χ0) is 12.7. The van der Waals surface area contributed by atoms with Crippen LogP contribution in [0.4, 0.5) is 5.69 Å². The minimum atomic E-state index is 0.138. The number of rotatable bonds is 2. The summed E-state index contributed by atoms with van der Waals surface area (Å²) in [7, 11) is 1.85. The van der Waals surface area contributed by atoms with E-state index in [1.54, 1.807) is 6.20 Å². The highest BCUT2D eigenvalue weighted by Crippen LogP contribution is 2.38. The second kappa shape index (κ2) is 4.26. The lowest BCUT2D eigenvalue weighted by atomic mass is 10.1. The lowest BCUT2D eigenvalue weighted by molar-refractivity contribution is 0.0704. The van der Waals surface area contributed by atoms with E-state index in [0.717, 1.165) is 23.8 Å². The minimum absolute atomic E-state index is 0.138. The number of hydrogen-bond donors (Lipinski definition) is 1. The van der Waals surface area contributed by atoms with Gasteiger partial charge in [-0.15, -0.1) is 0 Å². The summed E-state index contributed by atoms with van der Waals surface area (Å²) in [6.45, 7) is 2.87. The second-order valence-corrected chi connectivity index (χ2v) is 5.41. The second-order valence-electron chi connectivity index (χ2n) is 5.41. The van der Waals surface area contributed by atoms with E-state index in [0.29, 0.717) is 11.6 Å². The average Bonchev–Trinajstić information content (AvgIpc) is 3.00. The van der Waals surface area contributed by atoms with E-state index < -0.39 is 0 Å². The molecular formula is C14H19N3O. The quantitative estimate of drug-likeness (QED) is 0.867. The first-order valence-electron chi connectivity index (χ1n) is 6.64. The first-order chi connectivity index (χ1) is 8.69. The Morgan fingerprint density at radius 2 is 2.33 bits per heavy atom. The third kappa shape index (κ3) is 1.76. The van der Waals surface area contributed by atoms with E-state index in [-0.39, 0.29) is 5.91 Å². The lowest BCUT2D eigenvalue weighted by Crippen LogP contribution is -2.38. The number of carbonyl (C=O) groups is 1. The van der Waals surface area contributed by atoms with E-state index in [1.165, 1.54) is 19.3 Å². The molecule has 0 spiro atoms. The number of carbonyl (C=O) groups excluding carboxylic acids is 1. The van der Waals surface area contributed by atoms with Crippen molar-refractivity contribution in [3.8, 4) is 0 Å². The van der Waals surface area contributed by atoms with Crippen LogP contribution in [0.25, 0.3) is 0 Å². The van der Waals surface area contributed by atoms with E-state index >= 15 is 0 Å². The highest BCUT2D eigenvalue weighted by Gasteiger charge is 2.40. The monoisotopic (exact) mass is 245 g/mol. The van der Waals surface area contributed by atoms with Gasteiger partial charge < -0.3 is 10.2 Å². The van der Waals surface area contributed by atoms with Gasteiger partial charge in [-0.25, -0.2) is 0 Å². The van der Waals surface area contributed by atoms with Gasteiger partial charge in [0, 0.05) is 31.5 Å². The van der Waals surface area contributed by atoms with Gasteiger partial charge in [0.25, 0.3) is 5.91 Å². The van der Waals surface area contributed by atoms with Gasteiger partial charge >= 0.3 is 0 Å². The van der Waals surface area contributed by atoms with Crippen LogP contribution in [0, 0.1) is 12.8 Å². The molecular weight excluding hydrogens is 226 g/mol. The Labute approximate surface area is 107 Å². The summed E-state index contributed by atoms with van der Waals surface area (Å²) in [4.78, 5) is 18.9. The Morgan fingerprint density at radius 1 is 1.50 bits per heavy atom. The molecule has 18 heavy (non-hydrogen) atoms. The first-order valence-corrected chi connectivity index (χ1v) is 6.64. The Morgan fingerprint density at radius 3 is 2.94 bits per heavy atom. The number of nitrogens with one attached hydrogen (secondary N) is 1. The molecule has 4 heteroatoms. The van der Waals surface area contributed by atoms with E-state index in [2.05, 4.69) is 10.3 Å². The fourth-order valence-electron chi connectivity index (χ4n) is 3.27. The van der Waals surface area contributed by atoms with Crippen LogP contribution >= 0.6 is 0 Å². The molecule has 0 aromatic carbocycles. The number of nitrogens with zero attached hydrogens (tertiary/aromatic N) is 2. The largest absolute Gasteiger partial charge is 0.387 e. The predicted molar refractivity (Wildman–Crippen MR) is 70.7 cm³/mol. The number of fused-ring (bicyclic) bond motifs is 2. The fraction of sp³-hybridized carbons (Fsp3) is 0.571. The standard InChI is InChI=1S/C14H19N3O/c1-9-5-13(15-2)12(7-16-9)14(18)17-8-10-3-4-11(17)6-10/h5,7,10-11H,3-4,6,8H2,1-2H3,(H,15,16). The van der Waals surface area contributed by atoms with Crippen LogP contribution in [0.2, 0.25) is 0 Å². The van der Waals surface area contributed by atoms with Crippen molar-refractivity contribution in [1.29, 1.82) is 0 Å². The van der Waals surface area contributed by atoms with Gasteiger partial charge in [0.15, 0.2) is 0 Å². The summed E-state index contributed by atoms with van der Waals surface area (Å²) in [6.07, 6.45) is 5.36. The molecule has 2 heterocycles.